The fourth-order valence-electron chi connectivity index (χ4n) is 1.68. The second kappa shape index (κ2) is 4.71. The van der Waals surface area contributed by atoms with Gasteiger partial charge in [-0.05, 0) is 17.7 Å². The molecule has 4 nitrogen and oxygen atoms in total. The first-order valence-corrected chi connectivity index (χ1v) is 6.66. The Bertz CT molecular complexity index is 747. The largest absolute Gasteiger partial charge is 0.453 e. The third-order valence-electron chi connectivity index (χ3n) is 2.55. The van der Waals surface area contributed by atoms with E-state index < -0.39 is 12.0 Å². The first-order valence-electron chi connectivity index (χ1n) is 5.46. The van der Waals surface area contributed by atoms with Crippen LogP contribution in [0.2, 0.25) is 5.02 Å². The van der Waals surface area contributed by atoms with E-state index in [1.165, 1.54) is 0 Å². The summed E-state index contributed by atoms with van der Waals surface area (Å²) in [7, 11) is 0. The summed E-state index contributed by atoms with van der Waals surface area (Å²) in [5.41, 5.74) is 0.910. The van der Waals surface area contributed by atoms with Crippen LogP contribution in [-0.4, -0.2) is 19.8 Å². The average Bonchev–Trinajstić information content (AvgIpc) is 2.90. The predicted molar refractivity (Wildman–Crippen MR) is 67.9 cm³/mol. The summed E-state index contributed by atoms with van der Waals surface area (Å²) in [6.07, 6.45) is -4.15. The minimum atomic E-state index is -4.56. The smallest absolute Gasteiger partial charge is 0.178 e. The van der Waals surface area contributed by atoms with Crippen LogP contribution in [0.25, 0.3) is 4.96 Å². The Morgan fingerprint density at radius 3 is 2.50 bits per heavy atom. The van der Waals surface area contributed by atoms with Gasteiger partial charge in [0.15, 0.2) is 0 Å². The van der Waals surface area contributed by atoms with Gasteiger partial charge >= 0.3 is 6.18 Å². The molecule has 0 fully saturated rings. The molecular weight excluding hydrogens is 313 g/mol. The van der Waals surface area contributed by atoms with Crippen LogP contribution in [-0.2, 0) is 12.6 Å². The first kappa shape index (κ1) is 13.3. The van der Waals surface area contributed by atoms with Crippen molar-refractivity contribution in [3.05, 3.63) is 45.7 Å². The predicted octanol–water partition coefficient (Wildman–Crippen LogP) is 3.45. The van der Waals surface area contributed by atoms with E-state index in [1.54, 1.807) is 24.3 Å². The molecule has 0 atom stereocenters. The average molecular weight is 319 g/mol. The Hall–Kier alpha value is -1.67. The molecule has 3 rings (SSSR count). The van der Waals surface area contributed by atoms with Gasteiger partial charge in [0.2, 0.25) is 4.96 Å². The molecule has 0 aliphatic heterocycles. The number of halogens is 4. The first-order chi connectivity index (χ1) is 9.43. The molecule has 0 saturated heterocycles. The van der Waals surface area contributed by atoms with Gasteiger partial charge in [-0.25, -0.2) is 0 Å². The van der Waals surface area contributed by atoms with Crippen molar-refractivity contribution < 1.29 is 13.2 Å². The van der Waals surface area contributed by atoms with Crippen LogP contribution in [0.5, 0.6) is 0 Å². The second-order valence-electron chi connectivity index (χ2n) is 4.01. The molecule has 0 aliphatic carbocycles. The quantitative estimate of drug-likeness (QED) is 0.727. The lowest BCUT2D eigenvalue weighted by Crippen LogP contribution is -2.11. The van der Waals surface area contributed by atoms with Gasteiger partial charge in [-0.3, -0.25) is 0 Å². The van der Waals surface area contributed by atoms with E-state index in [0.717, 1.165) is 21.4 Å². The van der Waals surface area contributed by atoms with Crippen molar-refractivity contribution in [3.8, 4) is 0 Å². The SMILES string of the molecule is FC(F)(F)c1nnc2sc(Cc3ccc(Cl)cc3)nn12. The maximum Gasteiger partial charge on any atom is 0.453 e. The monoisotopic (exact) mass is 318 g/mol. The normalized spacial score (nSPS) is 12.2. The molecule has 2 heterocycles. The lowest BCUT2D eigenvalue weighted by molar-refractivity contribution is -0.146. The van der Waals surface area contributed by atoms with E-state index in [-0.39, 0.29) is 4.96 Å². The van der Waals surface area contributed by atoms with Gasteiger partial charge in [0.25, 0.3) is 5.82 Å². The summed E-state index contributed by atoms with van der Waals surface area (Å²) >= 11 is 6.85. The molecule has 0 amide bonds. The van der Waals surface area contributed by atoms with E-state index >= 15 is 0 Å². The lowest BCUT2D eigenvalue weighted by Gasteiger charge is -2.00. The van der Waals surface area contributed by atoms with Gasteiger partial charge in [-0.2, -0.15) is 22.8 Å². The van der Waals surface area contributed by atoms with Crippen LogP contribution in [0.15, 0.2) is 24.3 Å². The molecule has 9 heteroatoms. The van der Waals surface area contributed by atoms with Gasteiger partial charge in [0.05, 0.1) is 0 Å². The van der Waals surface area contributed by atoms with E-state index in [2.05, 4.69) is 15.3 Å². The minimum absolute atomic E-state index is 0.126. The van der Waals surface area contributed by atoms with Crippen molar-refractivity contribution in [2.24, 2.45) is 0 Å². The molecule has 3 aromatic rings. The van der Waals surface area contributed by atoms with Crippen LogP contribution < -0.4 is 0 Å². The maximum absolute atomic E-state index is 12.7. The zero-order valence-corrected chi connectivity index (χ0v) is 11.3. The summed E-state index contributed by atoms with van der Waals surface area (Å²) in [6, 6.07) is 7.04. The summed E-state index contributed by atoms with van der Waals surface area (Å²) in [5, 5.41) is 11.6. The summed E-state index contributed by atoms with van der Waals surface area (Å²) < 4.78 is 38.7. The van der Waals surface area contributed by atoms with Gasteiger partial charge < -0.3 is 0 Å². The van der Waals surface area contributed by atoms with Gasteiger partial charge in [0.1, 0.15) is 5.01 Å². The highest BCUT2D eigenvalue weighted by molar-refractivity contribution is 7.16. The summed E-state index contributed by atoms with van der Waals surface area (Å²) in [4.78, 5) is 0.126. The number of nitrogens with zero attached hydrogens (tertiary/aromatic N) is 4. The number of hydrogen-bond donors (Lipinski definition) is 0. The number of rotatable bonds is 2. The summed E-state index contributed by atoms with van der Waals surface area (Å²) in [5.74, 6) is -1.11. The Morgan fingerprint density at radius 2 is 1.85 bits per heavy atom. The van der Waals surface area contributed by atoms with Gasteiger partial charge in [-0.1, -0.05) is 35.1 Å². The third kappa shape index (κ3) is 2.48. The van der Waals surface area contributed by atoms with Crippen molar-refractivity contribution in [3.63, 3.8) is 0 Å². The molecule has 104 valence electrons. The zero-order chi connectivity index (χ0) is 14.3. The molecule has 0 N–H and O–H groups in total. The van der Waals surface area contributed by atoms with Crippen LogP contribution in [0.1, 0.15) is 16.4 Å². The van der Waals surface area contributed by atoms with E-state index in [9.17, 15) is 13.2 Å². The number of benzene rings is 1. The van der Waals surface area contributed by atoms with E-state index in [0.29, 0.717) is 16.5 Å². The van der Waals surface area contributed by atoms with E-state index in [1.807, 2.05) is 0 Å². The Morgan fingerprint density at radius 1 is 1.15 bits per heavy atom. The van der Waals surface area contributed by atoms with Crippen LogP contribution in [0, 0.1) is 0 Å². The number of hydrogen-bond acceptors (Lipinski definition) is 4. The highest BCUT2D eigenvalue weighted by Crippen LogP contribution is 2.29. The zero-order valence-electron chi connectivity index (χ0n) is 9.73. The Labute approximate surface area is 119 Å². The number of aromatic nitrogens is 4. The Kier molecular flexibility index (Phi) is 3.14. The molecule has 0 bridgehead atoms. The van der Waals surface area contributed by atoms with Crippen molar-refractivity contribution in [1.29, 1.82) is 0 Å². The van der Waals surface area contributed by atoms with Crippen LogP contribution in [0.3, 0.4) is 0 Å². The Balaban J connectivity index is 1.93. The molecule has 20 heavy (non-hydrogen) atoms. The molecule has 0 saturated carbocycles. The van der Waals surface area contributed by atoms with Gasteiger partial charge in [0, 0.05) is 11.4 Å². The van der Waals surface area contributed by atoms with E-state index in [4.69, 9.17) is 11.6 Å². The maximum atomic E-state index is 12.7. The fraction of sp³-hybridized carbons (Fsp3) is 0.182. The highest BCUT2D eigenvalue weighted by Gasteiger charge is 2.38. The molecule has 0 aliphatic rings. The molecule has 0 radical (unpaired) electrons. The van der Waals surface area contributed by atoms with Crippen molar-refractivity contribution in [1.82, 2.24) is 19.8 Å². The lowest BCUT2D eigenvalue weighted by atomic mass is 10.2. The second-order valence-corrected chi connectivity index (χ2v) is 5.49. The van der Waals surface area contributed by atoms with Crippen molar-refractivity contribution in [2.75, 3.05) is 0 Å². The molecule has 1 aromatic carbocycles. The van der Waals surface area contributed by atoms with Crippen molar-refractivity contribution in [2.45, 2.75) is 12.6 Å². The molecular formula is C11H6ClF3N4S. The minimum Gasteiger partial charge on any atom is -0.178 e. The van der Waals surface area contributed by atoms with Gasteiger partial charge in [-0.15, -0.1) is 10.2 Å². The highest BCUT2D eigenvalue weighted by atomic mass is 35.5. The topological polar surface area (TPSA) is 43.1 Å². The molecule has 0 spiro atoms. The molecule has 2 aromatic heterocycles. The van der Waals surface area contributed by atoms with Crippen molar-refractivity contribution >= 4 is 27.9 Å². The number of alkyl halides is 3. The number of fused-ring (bicyclic) bond motifs is 1. The standard InChI is InChI=1S/C11H6ClF3N4S/c12-7-3-1-6(2-4-7)5-8-18-19-9(11(13,14)15)16-17-10(19)20-8/h1-4H,5H2. The van der Waals surface area contributed by atoms with Crippen LogP contribution >= 0.6 is 22.9 Å². The molecule has 0 unspecified atom stereocenters. The van der Waals surface area contributed by atoms with Crippen LogP contribution in [0.4, 0.5) is 13.2 Å². The summed E-state index contributed by atoms with van der Waals surface area (Å²) in [6.45, 7) is 0. The third-order valence-corrected chi connectivity index (χ3v) is 3.71. The fourth-order valence-corrected chi connectivity index (χ4v) is 2.68.